The smallest absolute Gasteiger partial charge is 0.497 e. The SMILES string of the molecule is [C-]#Cc1ccc(OC)cc1.[Na+]. The Morgan fingerprint density at radius 3 is 2.18 bits per heavy atom. The van der Waals surface area contributed by atoms with Crippen LogP contribution < -0.4 is 34.3 Å². The van der Waals surface area contributed by atoms with Crippen molar-refractivity contribution >= 4 is 0 Å². The summed E-state index contributed by atoms with van der Waals surface area (Å²) in [6.07, 6.45) is 6.78. The molecule has 0 atom stereocenters. The molecular formula is C9H7NaO. The minimum atomic E-state index is 0. The van der Waals surface area contributed by atoms with E-state index in [0.29, 0.717) is 0 Å². The van der Waals surface area contributed by atoms with Crippen molar-refractivity contribution in [2.75, 3.05) is 7.11 Å². The van der Waals surface area contributed by atoms with E-state index in [2.05, 4.69) is 5.92 Å². The molecule has 2 heteroatoms. The largest absolute Gasteiger partial charge is 1.00 e. The Bertz CT molecular complexity index is 245. The van der Waals surface area contributed by atoms with E-state index in [4.69, 9.17) is 11.2 Å². The normalized spacial score (nSPS) is 7.64. The third-order valence-corrected chi connectivity index (χ3v) is 1.23. The van der Waals surface area contributed by atoms with E-state index in [1.165, 1.54) is 0 Å². The summed E-state index contributed by atoms with van der Waals surface area (Å²) >= 11 is 0. The Kier molecular flexibility index (Phi) is 5.06. The fourth-order valence-electron chi connectivity index (χ4n) is 0.674. The van der Waals surface area contributed by atoms with Gasteiger partial charge in [0.15, 0.2) is 0 Å². The summed E-state index contributed by atoms with van der Waals surface area (Å²) in [6.45, 7) is 0. The third-order valence-electron chi connectivity index (χ3n) is 1.23. The molecule has 11 heavy (non-hydrogen) atoms. The monoisotopic (exact) mass is 154 g/mol. The predicted octanol–water partition coefficient (Wildman–Crippen LogP) is -1.36. The zero-order valence-corrected chi connectivity index (χ0v) is 8.72. The molecule has 0 unspecified atom stereocenters. The average Bonchev–Trinajstić information content (AvgIpc) is 2.05. The van der Waals surface area contributed by atoms with E-state index >= 15 is 0 Å². The van der Waals surface area contributed by atoms with Crippen LogP contribution in [0.25, 0.3) is 0 Å². The van der Waals surface area contributed by atoms with E-state index in [9.17, 15) is 0 Å². The number of hydrogen-bond acceptors (Lipinski definition) is 1. The van der Waals surface area contributed by atoms with Gasteiger partial charge in [-0.25, -0.2) is 0 Å². The van der Waals surface area contributed by atoms with E-state index < -0.39 is 0 Å². The summed E-state index contributed by atoms with van der Waals surface area (Å²) in [4.78, 5) is 0. The van der Waals surface area contributed by atoms with Crippen LogP contribution >= 0.6 is 0 Å². The van der Waals surface area contributed by atoms with E-state index in [0.717, 1.165) is 11.3 Å². The first-order valence-corrected chi connectivity index (χ1v) is 2.93. The van der Waals surface area contributed by atoms with E-state index in [1.54, 1.807) is 31.4 Å². The second-order valence-electron chi connectivity index (χ2n) is 1.85. The molecule has 0 saturated carbocycles. The van der Waals surface area contributed by atoms with Crippen LogP contribution in [0.5, 0.6) is 5.75 Å². The van der Waals surface area contributed by atoms with Crippen LogP contribution in [-0.4, -0.2) is 7.11 Å². The number of methoxy groups -OCH3 is 1. The Balaban J connectivity index is 0.000001000. The maximum atomic E-state index is 6.78. The van der Waals surface area contributed by atoms with Crippen LogP contribution in [0.4, 0.5) is 0 Å². The molecule has 1 aromatic carbocycles. The Morgan fingerprint density at radius 1 is 1.27 bits per heavy atom. The quantitative estimate of drug-likeness (QED) is 0.276. The van der Waals surface area contributed by atoms with Gasteiger partial charge in [-0.05, 0) is 12.1 Å². The van der Waals surface area contributed by atoms with Crippen molar-refractivity contribution in [3.05, 3.63) is 36.3 Å². The molecule has 0 heterocycles. The summed E-state index contributed by atoms with van der Waals surface area (Å²) < 4.78 is 4.92. The Morgan fingerprint density at radius 2 is 1.82 bits per heavy atom. The Hall–Kier alpha value is -0.420. The van der Waals surface area contributed by atoms with Crippen molar-refractivity contribution < 1.29 is 34.3 Å². The molecule has 1 nitrogen and oxygen atoms in total. The standard InChI is InChI=1S/C9H7O.Na/c1-3-8-4-6-9(10-2)7-5-8;/h4-7H,2H3;/q-1;+1. The first kappa shape index (κ1) is 10.6. The molecule has 0 bridgehead atoms. The van der Waals surface area contributed by atoms with Crippen molar-refractivity contribution in [3.63, 3.8) is 0 Å². The van der Waals surface area contributed by atoms with Crippen LogP contribution in [0.2, 0.25) is 0 Å². The summed E-state index contributed by atoms with van der Waals surface area (Å²) in [6, 6.07) is 7.17. The van der Waals surface area contributed by atoms with Gasteiger partial charge in [0, 0.05) is 0 Å². The molecule has 0 N–H and O–H groups in total. The van der Waals surface area contributed by atoms with Gasteiger partial charge in [-0.1, -0.05) is 0 Å². The topological polar surface area (TPSA) is 9.23 Å². The van der Waals surface area contributed by atoms with Gasteiger partial charge in [-0.15, -0.1) is 17.7 Å². The van der Waals surface area contributed by atoms with Gasteiger partial charge in [0.25, 0.3) is 0 Å². The molecule has 0 aliphatic heterocycles. The molecule has 0 radical (unpaired) electrons. The molecule has 0 aliphatic rings. The van der Waals surface area contributed by atoms with Crippen LogP contribution in [0, 0.1) is 12.3 Å². The molecule has 1 rings (SSSR count). The van der Waals surface area contributed by atoms with Crippen LogP contribution in [0.1, 0.15) is 5.56 Å². The van der Waals surface area contributed by atoms with E-state index in [-0.39, 0.29) is 29.6 Å². The molecule has 0 aromatic heterocycles. The predicted molar refractivity (Wildman–Crippen MR) is 39.2 cm³/mol. The van der Waals surface area contributed by atoms with Gasteiger partial charge in [0.1, 0.15) is 5.75 Å². The number of hydrogen-bond donors (Lipinski definition) is 0. The molecular weight excluding hydrogens is 147 g/mol. The summed E-state index contributed by atoms with van der Waals surface area (Å²) in [7, 11) is 1.61. The van der Waals surface area contributed by atoms with Gasteiger partial charge in [0.2, 0.25) is 0 Å². The van der Waals surface area contributed by atoms with Crippen LogP contribution in [-0.2, 0) is 0 Å². The second-order valence-corrected chi connectivity index (χ2v) is 1.85. The Labute approximate surface area is 89.1 Å². The van der Waals surface area contributed by atoms with Crippen molar-refractivity contribution in [1.29, 1.82) is 0 Å². The third kappa shape index (κ3) is 2.98. The number of ether oxygens (including phenoxy) is 1. The summed E-state index contributed by atoms with van der Waals surface area (Å²) in [5, 5.41) is 0. The van der Waals surface area contributed by atoms with Gasteiger partial charge in [-0.2, -0.15) is 0 Å². The van der Waals surface area contributed by atoms with Crippen molar-refractivity contribution in [1.82, 2.24) is 0 Å². The fraction of sp³-hybridized carbons (Fsp3) is 0.111. The van der Waals surface area contributed by atoms with Crippen LogP contribution in [0.15, 0.2) is 24.3 Å². The summed E-state index contributed by atoms with van der Waals surface area (Å²) in [5.41, 5.74) is 0.765. The molecule has 0 aliphatic carbocycles. The van der Waals surface area contributed by atoms with Crippen molar-refractivity contribution in [2.24, 2.45) is 0 Å². The minimum Gasteiger partial charge on any atom is -0.497 e. The molecule has 0 saturated heterocycles. The second kappa shape index (κ2) is 5.26. The maximum Gasteiger partial charge on any atom is 1.00 e. The minimum absolute atomic E-state index is 0. The molecule has 50 valence electrons. The van der Waals surface area contributed by atoms with Gasteiger partial charge >= 0.3 is 29.6 Å². The van der Waals surface area contributed by atoms with Gasteiger partial charge < -0.3 is 11.2 Å². The van der Waals surface area contributed by atoms with E-state index in [1.807, 2.05) is 0 Å². The molecule has 0 fully saturated rings. The summed E-state index contributed by atoms with van der Waals surface area (Å²) in [5.74, 6) is 3.08. The first-order chi connectivity index (χ1) is 4.86. The maximum absolute atomic E-state index is 6.78. The average molecular weight is 154 g/mol. The van der Waals surface area contributed by atoms with Crippen molar-refractivity contribution in [2.45, 2.75) is 0 Å². The first-order valence-electron chi connectivity index (χ1n) is 2.93. The van der Waals surface area contributed by atoms with Gasteiger partial charge in [0.05, 0.1) is 7.11 Å². The zero-order chi connectivity index (χ0) is 7.40. The van der Waals surface area contributed by atoms with Crippen LogP contribution in [0.3, 0.4) is 0 Å². The molecule has 0 spiro atoms. The zero-order valence-electron chi connectivity index (χ0n) is 6.72. The molecule has 0 amide bonds. The van der Waals surface area contributed by atoms with Gasteiger partial charge in [-0.3, -0.25) is 5.92 Å². The molecule has 1 aromatic rings. The number of rotatable bonds is 1. The number of benzene rings is 1. The van der Waals surface area contributed by atoms with Crippen molar-refractivity contribution in [3.8, 4) is 11.7 Å². The fourth-order valence-corrected chi connectivity index (χ4v) is 0.674.